The number of halogens is 1. The Hall–Kier alpha value is -1.56. The Morgan fingerprint density at radius 3 is 2.87 bits per heavy atom. The van der Waals surface area contributed by atoms with E-state index >= 15 is 0 Å². The zero-order valence-corrected chi connectivity index (χ0v) is 15.4. The minimum atomic E-state index is -0.252. The van der Waals surface area contributed by atoms with E-state index in [0.717, 1.165) is 25.0 Å². The summed E-state index contributed by atoms with van der Waals surface area (Å²) in [4.78, 5) is 12.3. The third-order valence-electron chi connectivity index (χ3n) is 3.97. The van der Waals surface area contributed by atoms with Gasteiger partial charge in [0, 0.05) is 11.3 Å². The Bertz CT molecular complexity index is 602. The van der Waals surface area contributed by atoms with E-state index in [0.29, 0.717) is 34.1 Å². The summed E-state index contributed by atoms with van der Waals surface area (Å²) in [5.41, 5.74) is 4.21. The van der Waals surface area contributed by atoms with Gasteiger partial charge in [-0.15, -0.1) is 0 Å². The van der Waals surface area contributed by atoms with Crippen LogP contribution < -0.4 is 14.9 Å². The number of hydrogen-bond donors (Lipinski definition) is 1. The van der Waals surface area contributed by atoms with E-state index in [1.54, 1.807) is 19.2 Å². The molecule has 1 aliphatic rings. The average molecular weight is 383 g/mol. The minimum absolute atomic E-state index is 0.252. The summed E-state index contributed by atoms with van der Waals surface area (Å²) in [5.74, 6) is 1.30. The largest absolute Gasteiger partial charge is 0.493 e. The number of carbonyl (C=O) groups excluding carboxylic acids is 1. The molecular formula is C17H23BrN2O3. The summed E-state index contributed by atoms with van der Waals surface area (Å²) in [5, 5.41) is 4.31. The number of hydrazone groups is 1. The second kappa shape index (κ2) is 8.34. The SMILES string of the molecule is CCOc1c(Br)cc(C(=O)N/N=C2/CCCC[C@H]2C)cc1OC. The number of nitrogens with one attached hydrogen (secondary N) is 1. The van der Waals surface area contributed by atoms with Crippen LogP contribution in [0.4, 0.5) is 0 Å². The Balaban J connectivity index is 2.16. The van der Waals surface area contributed by atoms with Crippen molar-refractivity contribution in [2.24, 2.45) is 11.0 Å². The first-order valence-electron chi connectivity index (χ1n) is 7.94. The molecule has 2 rings (SSSR count). The minimum Gasteiger partial charge on any atom is -0.493 e. The second-order valence-corrected chi connectivity index (χ2v) is 6.47. The van der Waals surface area contributed by atoms with Crippen LogP contribution >= 0.6 is 15.9 Å². The van der Waals surface area contributed by atoms with Crippen molar-refractivity contribution in [3.05, 3.63) is 22.2 Å². The van der Waals surface area contributed by atoms with E-state index < -0.39 is 0 Å². The van der Waals surface area contributed by atoms with E-state index in [4.69, 9.17) is 9.47 Å². The number of benzene rings is 1. The van der Waals surface area contributed by atoms with Gasteiger partial charge in [0.2, 0.25) is 0 Å². The number of methoxy groups -OCH3 is 1. The molecule has 23 heavy (non-hydrogen) atoms. The highest BCUT2D eigenvalue weighted by Crippen LogP contribution is 2.36. The molecule has 1 aliphatic carbocycles. The van der Waals surface area contributed by atoms with Crippen LogP contribution in [0.25, 0.3) is 0 Å². The maximum atomic E-state index is 12.3. The van der Waals surface area contributed by atoms with Gasteiger partial charge in [-0.1, -0.05) is 13.3 Å². The van der Waals surface area contributed by atoms with E-state index in [-0.39, 0.29) is 5.91 Å². The lowest BCUT2D eigenvalue weighted by molar-refractivity contribution is 0.0954. The van der Waals surface area contributed by atoms with E-state index in [2.05, 4.69) is 33.4 Å². The smallest absolute Gasteiger partial charge is 0.271 e. The van der Waals surface area contributed by atoms with Crippen LogP contribution in [0.1, 0.15) is 49.9 Å². The lowest BCUT2D eigenvalue weighted by Gasteiger charge is -2.19. The summed E-state index contributed by atoms with van der Waals surface area (Å²) < 4.78 is 11.5. The quantitative estimate of drug-likeness (QED) is 0.777. The van der Waals surface area contributed by atoms with Gasteiger partial charge in [-0.2, -0.15) is 5.10 Å². The Morgan fingerprint density at radius 2 is 2.22 bits per heavy atom. The van der Waals surface area contributed by atoms with Crippen LogP contribution in [0, 0.1) is 5.92 Å². The van der Waals surface area contributed by atoms with Crippen LogP contribution in [0.2, 0.25) is 0 Å². The standard InChI is InChI=1S/C17H23BrN2O3/c1-4-23-16-13(18)9-12(10-15(16)22-3)17(21)20-19-14-8-6-5-7-11(14)2/h9-11H,4-8H2,1-3H3,(H,20,21)/b19-14-/t11-/m1/s1. The van der Waals surface area contributed by atoms with Crippen molar-refractivity contribution < 1.29 is 14.3 Å². The summed E-state index contributed by atoms with van der Waals surface area (Å²) in [6, 6.07) is 3.38. The van der Waals surface area contributed by atoms with Gasteiger partial charge in [0.1, 0.15) is 0 Å². The van der Waals surface area contributed by atoms with Gasteiger partial charge in [-0.3, -0.25) is 4.79 Å². The van der Waals surface area contributed by atoms with Gasteiger partial charge in [0.05, 0.1) is 18.2 Å². The highest BCUT2D eigenvalue weighted by atomic mass is 79.9. The Kier molecular flexibility index (Phi) is 6.45. The van der Waals surface area contributed by atoms with E-state index in [1.807, 2.05) is 6.92 Å². The fraction of sp³-hybridized carbons (Fsp3) is 0.529. The van der Waals surface area contributed by atoms with Crippen LogP contribution in [-0.4, -0.2) is 25.3 Å². The van der Waals surface area contributed by atoms with Crippen molar-refractivity contribution in [1.82, 2.24) is 5.43 Å². The summed E-state index contributed by atoms with van der Waals surface area (Å²) >= 11 is 3.42. The van der Waals surface area contributed by atoms with Crippen LogP contribution in [0.5, 0.6) is 11.5 Å². The first-order valence-corrected chi connectivity index (χ1v) is 8.73. The monoisotopic (exact) mass is 382 g/mol. The molecule has 1 atom stereocenters. The van der Waals surface area contributed by atoms with Crippen molar-refractivity contribution in [3.8, 4) is 11.5 Å². The van der Waals surface area contributed by atoms with Gasteiger partial charge in [-0.05, 0) is 60.2 Å². The molecule has 1 aromatic carbocycles. The molecule has 0 spiro atoms. The molecule has 0 radical (unpaired) electrons. The lowest BCUT2D eigenvalue weighted by Crippen LogP contribution is -2.24. The summed E-state index contributed by atoms with van der Waals surface area (Å²) in [6.45, 7) is 4.57. The maximum absolute atomic E-state index is 12.3. The average Bonchev–Trinajstić information content (AvgIpc) is 2.55. The lowest BCUT2D eigenvalue weighted by atomic mass is 9.89. The van der Waals surface area contributed by atoms with Gasteiger partial charge in [0.15, 0.2) is 11.5 Å². The molecule has 1 fully saturated rings. The van der Waals surface area contributed by atoms with Crippen LogP contribution in [0.3, 0.4) is 0 Å². The number of hydrogen-bond acceptors (Lipinski definition) is 4. The second-order valence-electron chi connectivity index (χ2n) is 5.61. The molecule has 126 valence electrons. The molecule has 0 aromatic heterocycles. The molecule has 1 aromatic rings. The van der Waals surface area contributed by atoms with Crippen molar-refractivity contribution in [3.63, 3.8) is 0 Å². The summed E-state index contributed by atoms with van der Waals surface area (Å²) in [7, 11) is 1.55. The van der Waals surface area contributed by atoms with Gasteiger partial charge < -0.3 is 9.47 Å². The predicted octanol–water partition coefficient (Wildman–Crippen LogP) is 4.15. The van der Waals surface area contributed by atoms with Crippen LogP contribution in [0.15, 0.2) is 21.7 Å². The highest BCUT2D eigenvalue weighted by Gasteiger charge is 2.18. The first-order chi connectivity index (χ1) is 11.1. The normalized spacial score (nSPS) is 19.5. The zero-order valence-electron chi connectivity index (χ0n) is 13.8. The zero-order chi connectivity index (χ0) is 16.8. The van der Waals surface area contributed by atoms with Crippen molar-refractivity contribution in [2.75, 3.05) is 13.7 Å². The predicted molar refractivity (Wildman–Crippen MR) is 94.4 cm³/mol. The first kappa shape index (κ1) is 17.8. The number of ether oxygens (including phenoxy) is 2. The molecule has 5 nitrogen and oxygen atoms in total. The third kappa shape index (κ3) is 4.47. The Morgan fingerprint density at radius 1 is 1.43 bits per heavy atom. The fourth-order valence-corrected chi connectivity index (χ4v) is 3.21. The van der Waals surface area contributed by atoms with Gasteiger partial charge in [0.25, 0.3) is 5.91 Å². The molecular weight excluding hydrogens is 360 g/mol. The number of nitrogens with zero attached hydrogens (tertiary/aromatic N) is 1. The molecule has 6 heteroatoms. The third-order valence-corrected chi connectivity index (χ3v) is 4.56. The van der Waals surface area contributed by atoms with E-state index in [1.165, 1.54) is 6.42 Å². The Labute approximate surface area is 145 Å². The van der Waals surface area contributed by atoms with Gasteiger partial charge in [-0.25, -0.2) is 5.43 Å². The molecule has 0 saturated heterocycles. The van der Waals surface area contributed by atoms with Crippen molar-refractivity contribution >= 4 is 27.5 Å². The highest BCUT2D eigenvalue weighted by molar-refractivity contribution is 9.10. The number of carbonyl (C=O) groups is 1. The van der Waals surface area contributed by atoms with Crippen LogP contribution in [-0.2, 0) is 0 Å². The molecule has 0 aliphatic heterocycles. The molecule has 1 amide bonds. The molecule has 0 heterocycles. The molecule has 0 bridgehead atoms. The maximum Gasteiger partial charge on any atom is 0.271 e. The number of amides is 1. The van der Waals surface area contributed by atoms with Crippen molar-refractivity contribution in [1.29, 1.82) is 0 Å². The molecule has 1 N–H and O–H groups in total. The van der Waals surface area contributed by atoms with Crippen molar-refractivity contribution in [2.45, 2.75) is 39.5 Å². The molecule has 1 saturated carbocycles. The van der Waals surface area contributed by atoms with E-state index in [9.17, 15) is 4.79 Å². The summed E-state index contributed by atoms with van der Waals surface area (Å²) in [6.07, 6.45) is 4.47. The molecule has 0 unspecified atom stereocenters. The van der Waals surface area contributed by atoms with Gasteiger partial charge >= 0.3 is 0 Å². The fourth-order valence-electron chi connectivity index (χ4n) is 2.66. The number of rotatable bonds is 5. The topological polar surface area (TPSA) is 59.9 Å².